The molecule has 0 aromatic heterocycles. The van der Waals surface area contributed by atoms with E-state index >= 15 is 0 Å². The number of unbranched alkanes of at least 4 members (excludes halogenated alkanes) is 32. The van der Waals surface area contributed by atoms with Crippen LogP contribution in [-0.4, -0.2) is 23.8 Å². The van der Waals surface area contributed by atoms with Crippen molar-refractivity contribution < 1.29 is 14.6 Å². The van der Waals surface area contributed by atoms with Gasteiger partial charge in [-0.3, -0.25) is 4.79 Å². The van der Waals surface area contributed by atoms with E-state index in [-0.39, 0.29) is 39.1 Å². The summed E-state index contributed by atoms with van der Waals surface area (Å²) in [7, 11) is 0. The van der Waals surface area contributed by atoms with Crippen LogP contribution in [-0.2, 0) is 9.53 Å². The summed E-state index contributed by atoms with van der Waals surface area (Å²) in [5.41, 5.74) is 2.79. The molecule has 4 fully saturated rings. The van der Waals surface area contributed by atoms with Crippen LogP contribution < -0.4 is 0 Å². The Hall–Kier alpha value is -0.830. The minimum absolute atomic E-state index is 0.0152. The third kappa shape index (κ3) is 15.9. The maximum absolute atomic E-state index is 13.4. The van der Waals surface area contributed by atoms with Crippen molar-refractivity contribution in [2.75, 3.05) is 6.61 Å². The van der Waals surface area contributed by atoms with E-state index in [1.54, 1.807) is 5.57 Å². The van der Waals surface area contributed by atoms with Crippen LogP contribution in [0.1, 0.15) is 338 Å². The van der Waals surface area contributed by atoms with Gasteiger partial charge in [0.1, 0.15) is 6.10 Å². The summed E-state index contributed by atoms with van der Waals surface area (Å²) < 4.78 is 6.48. The molecule has 5 rings (SSSR count). The number of allylic oxidation sites excluding steroid dienone is 2. The van der Waals surface area contributed by atoms with Crippen molar-refractivity contribution in [2.24, 2.45) is 56.2 Å². The van der Waals surface area contributed by atoms with Gasteiger partial charge in [0, 0.05) is 23.9 Å². The molecule has 70 heavy (non-hydrogen) atoms. The molecule has 1 N–H and O–H groups in total. The molecular weight excluding hydrogens is 853 g/mol. The van der Waals surface area contributed by atoms with Crippen molar-refractivity contribution in [2.45, 2.75) is 345 Å². The Balaban J connectivity index is 0.829. The number of aliphatic hydroxyl groups is 1. The molecule has 408 valence electrons. The van der Waals surface area contributed by atoms with Crippen LogP contribution >= 0.6 is 0 Å². The average molecular weight is 976 g/mol. The van der Waals surface area contributed by atoms with Crippen LogP contribution in [0.4, 0.5) is 0 Å². The lowest BCUT2D eigenvalue weighted by atomic mass is 9.32. The first kappa shape index (κ1) is 60.0. The zero-order valence-electron chi connectivity index (χ0n) is 48.8. The van der Waals surface area contributed by atoms with Gasteiger partial charge < -0.3 is 9.84 Å². The van der Waals surface area contributed by atoms with E-state index in [9.17, 15) is 9.90 Å². The molecule has 0 bridgehead atoms. The highest BCUT2D eigenvalue weighted by Gasteiger charge is 2.69. The largest absolute Gasteiger partial charge is 0.462 e. The van der Waals surface area contributed by atoms with Crippen LogP contribution in [0.15, 0.2) is 11.6 Å². The molecule has 0 aliphatic heterocycles. The summed E-state index contributed by atoms with van der Waals surface area (Å²) in [5, 5.41) is 11.1. The summed E-state index contributed by atoms with van der Waals surface area (Å²) in [5.74, 6) is 2.31. The van der Waals surface area contributed by atoms with E-state index in [2.05, 4.69) is 68.4 Å². The van der Waals surface area contributed by atoms with Crippen molar-refractivity contribution in [1.82, 2.24) is 0 Å². The summed E-state index contributed by atoms with van der Waals surface area (Å²) in [4.78, 5) is 13.4. The Kier molecular flexibility index (Phi) is 25.3. The molecule has 9 unspecified atom stereocenters. The van der Waals surface area contributed by atoms with Crippen LogP contribution in [0.3, 0.4) is 0 Å². The van der Waals surface area contributed by atoms with Crippen molar-refractivity contribution in [1.29, 1.82) is 0 Å². The molecule has 0 radical (unpaired) electrons. The molecule has 0 amide bonds. The third-order valence-electron chi connectivity index (χ3n) is 22.3. The summed E-state index contributed by atoms with van der Waals surface area (Å²) in [6, 6.07) is 0. The number of ether oxygens (including phenoxy) is 1. The lowest BCUT2D eigenvalue weighted by Gasteiger charge is -2.72. The monoisotopic (exact) mass is 975 g/mol. The fourth-order valence-electron chi connectivity index (χ4n) is 17.4. The van der Waals surface area contributed by atoms with E-state index in [0.717, 1.165) is 19.3 Å². The van der Waals surface area contributed by atoms with Gasteiger partial charge in [0.2, 0.25) is 0 Å². The van der Waals surface area contributed by atoms with E-state index < -0.39 is 0 Å². The zero-order chi connectivity index (χ0) is 50.6. The maximum Gasteiger partial charge on any atom is 0.306 e. The summed E-state index contributed by atoms with van der Waals surface area (Å²) in [6.07, 6.45) is 60.9. The van der Waals surface area contributed by atoms with Crippen molar-refractivity contribution >= 4 is 5.97 Å². The Labute approximate surface area is 437 Å². The predicted molar refractivity (Wildman–Crippen MR) is 303 cm³/mol. The molecule has 3 heteroatoms. The minimum atomic E-state index is -0.0152. The molecule has 0 aromatic rings. The number of aliphatic hydroxyl groups excluding tert-OH is 1. The number of hydrogen-bond acceptors (Lipinski definition) is 3. The van der Waals surface area contributed by atoms with Crippen molar-refractivity contribution in [3.63, 3.8) is 0 Å². The first-order valence-corrected chi connectivity index (χ1v) is 32.1. The van der Waals surface area contributed by atoms with Gasteiger partial charge in [-0.2, -0.15) is 0 Å². The Bertz CT molecular complexity index is 1490. The summed E-state index contributed by atoms with van der Waals surface area (Å²) in [6.45, 7) is 23.0. The second-order valence-corrected chi connectivity index (χ2v) is 28.1. The zero-order valence-corrected chi connectivity index (χ0v) is 48.8. The molecule has 5 aliphatic carbocycles. The maximum atomic E-state index is 13.4. The van der Waals surface area contributed by atoms with Crippen molar-refractivity contribution in [3.05, 3.63) is 11.6 Å². The predicted octanol–water partition coefficient (Wildman–Crippen LogP) is 21.2. The van der Waals surface area contributed by atoms with E-state index in [1.807, 2.05) is 0 Å². The van der Waals surface area contributed by atoms with E-state index in [4.69, 9.17) is 4.74 Å². The lowest BCUT2D eigenvalue weighted by molar-refractivity contribution is -0.217. The molecule has 0 spiro atoms. The van der Waals surface area contributed by atoms with Gasteiger partial charge in [0.05, 0.1) is 0 Å². The number of hydrogen-bond donors (Lipinski definition) is 1. The molecule has 5 aliphatic rings. The minimum Gasteiger partial charge on any atom is -0.462 e. The van der Waals surface area contributed by atoms with Gasteiger partial charge in [-0.25, -0.2) is 0 Å². The standard InChI is InChI=1S/C67H122O3/c1-10-11-12-13-14-15-16-17-18-19-20-21-22-23-24-25-26-27-28-29-30-31-32-33-34-35-36-37-38-39-40-41-42-43-61(69)70-60-47-48-64(7)58(63(60,5)6)46-49-65(8)59(64)45-44-56-57-53-62(3,4)50-51-67(57,54-68)55(2)52-66(56,65)9/h44,55,57-60,68H,10-43,45-54H2,1-9H3. The third-order valence-corrected chi connectivity index (χ3v) is 22.3. The van der Waals surface area contributed by atoms with E-state index in [0.29, 0.717) is 42.1 Å². The molecular formula is C67H122O3. The molecule has 9 atom stereocenters. The topological polar surface area (TPSA) is 46.5 Å². The Morgan fingerprint density at radius 1 is 0.543 bits per heavy atom. The van der Waals surface area contributed by atoms with Gasteiger partial charge in [-0.05, 0) is 110 Å². The van der Waals surface area contributed by atoms with Crippen LogP contribution in [0.25, 0.3) is 0 Å². The smallest absolute Gasteiger partial charge is 0.306 e. The second-order valence-electron chi connectivity index (χ2n) is 28.1. The second kappa shape index (κ2) is 29.5. The summed E-state index contributed by atoms with van der Waals surface area (Å²) >= 11 is 0. The molecule has 0 heterocycles. The Morgan fingerprint density at radius 2 is 0.971 bits per heavy atom. The molecule has 0 saturated heterocycles. The van der Waals surface area contributed by atoms with Crippen LogP contribution in [0, 0.1) is 56.2 Å². The van der Waals surface area contributed by atoms with Gasteiger partial charge in [-0.1, -0.05) is 279 Å². The Morgan fingerprint density at radius 3 is 1.40 bits per heavy atom. The first-order chi connectivity index (χ1) is 33.6. The highest BCUT2D eigenvalue weighted by atomic mass is 16.5. The van der Waals surface area contributed by atoms with Crippen molar-refractivity contribution in [3.8, 4) is 0 Å². The number of rotatable bonds is 36. The van der Waals surface area contributed by atoms with Gasteiger partial charge in [0.25, 0.3) is 0 Å². The SMILES string of the molecule is CCCCCCCCCCCCCCCCCCCCCCCCCCCCCCCCCCCC(=O)OC1CCC2(C)C(CCC3(C)C2CC=C2C4CC(C)(C)CCC4(CO)C(C)CC23C)C1(C)C. The number of esters is 1. The number of carbonyl (C=O) groups excluding carboxylic acids is 1. The molecule has 4 saturated carbocycles. The quantitative estimate of drug-likeness (QED) is 0.0387. The number of carbonyl (C=O) groups is 1. The van der Waals surface area contributed by atoms with E-state index in [1.165, 1.54) is 250 Å². The lowest BCUT2D eigenvalue weighted by Crippen LogP contribution is -2.66. The van der Waals surface area contributed by atoms with Crippen LogP contribution in [0.2, 0.25) is 0 Å². The highest BCUT2D eigenvalue weighted by molar-refractivity contribution is 5.69. The fourth-order valence-corrected chi connectivity index (χ4v) is 17.4. The highest BCUT2D eigenvalue weighted by Crippen LogP contribution is 2.76. The first-order valence-electron chi connectivity index (χ1n) is 32.1. The fraction of sp³-hybridized carbons (Fsp3) is 0.955. The molecule has 0 aromatic carbocycles. The normalized spacial score (nSPS) is 32.1. The average Bonchev–Trinajstić information content (AvgIpc) is 3.31. The van der Waals surface area contributed by atoms with Gasteiger partial charge in [-0.15, -0.1) is 0 Å². The molecule has 3 nitrogen and oxygen atoms in total. The van der Waals surface area contributed by atoms with Gasteiger partial charge in [0.15, 0.2) is 0 Å². The van der Waals surface area contributed by atoms with Crippen LogP contribution in [0.5, 0.6) is 0 Å². The van der Waals surface area contributed by atoms with Gasteiger partial charge >= 0.3 is 5.97 Å². The number of fused-ring (bicyclic) bond motifs is 7.